The molecule has 0 spiro atoms. The van der Waals surface area contributed by atoms with Gasteiger partial charge in [-0.05, 0) is 29.7 Å². The molecule has 1 N–H and O–H groups in total. The van der Waals surface area contributed by atoms with Gasteiger partial charge in [-0.15, -0.1) is 0 Å². The van der Waals surface area contributed by atoms with Crippen molar-refractivity contribution >= 4 is 29.1 Å². The van der Waals surface area contributed by atoms with Crippen molar-refractivity contribution in [2.75, 3.05) is 11.4 Å². The Morgan fingerprint density at radius 1 is 1.17 bits per heavy atom. The van der Waals surface area contributed by atoms with E-state index in [9.17, 15) is 9.59 Å². The van der Waals surface area contributed by atoms with Crippen LogP contribution in [0.5, 0.6) is 0 Å². The first-order valence-electron chi connectivity index (χ1n) is 7.96. The summed E-state index contributed by atoms with van der Waals surface area (Å²) in [6, 6.07) is 14.8. The Hall–Kier alpha value is -2.33. The van der Waals surface area contributed by atoms with Crippen molar-refractivity contribution in [2.24, 2.45) is 0 Å². The highest BCUT2D eigenvalue weighted by Crippen LogP contribution is 2.32. The molecule has 124 valence electrons. The Labute approximate surface area is 146 Å². The van der Waals surface area contributed by atoms with E-state index in [1.165, 1.54) is 6.92 Å². The Balaban J connectivity index is 1.65. The number of para-hydroxylation sites is 1. The summed E-state index contributed by atoms with van der Waals surface area (Å²) in [5.74, 6) is -0.250. The molecular weight excluding hydrogens is 324 g/mol. The lowest BCUT2D eigenvalue weighted by Crippen LogP contribution is -2.47. The Bertz CT molecular complexity index is 775. The lowest BCUT2D eigenvalue weighted by molar-refractivity contribution is -0.125. The molecule has 0 saturated heterocycles. The molecule has 4 nitrogen and oxygen atoms in total. The van der Waals surface area contributed by atoms with Gasteiger partial charge in [-0.3, -0.25) is 14.5 Å². The molecule has 0 radical (unpaired) electrons. The fourth-order valence-electron chi connectivity index (χ4n) is 3.12. The fraction of sp³-hybridized carbons (Fsp3) is 0.263. The van der Waals surface area contributed by atoms with Crippen LogP contribution >= 0.6 is 11.6 Å². The van der Waals surface area contributed by atoms with Crippen LogP contribution in [0.3, 0.4) is 0 Å². The summed E-state index contributed by atoms with van der Waals surface area (Å²) in [5, 5.41) is 3.63. The molecular formula is C19H19ClN2O2. The van der Waals surface area contributed by atoms with E-state index in [2.05, 4.69) is 5.32 Å². The monoisotopic (exact) mass is 342 g/mol. The molecule has 1 aliphatic heterocycles. The van der Waals surface area contributed by atoms with E-state index in [0.29, 0.717) is 24.4 Å². The third kappa shape index (κ3) is 3.29. The van der Waals surface area contributed by atoms with Crippen LogP contribution in [-0.2, 0) is 22.4 Å². The number of rotatable bonds is 4. The minimum absolute atomic E-state index is 0.119. The number of hydrogen-bond acceptors (Lipinski definition) is 2. The topological polar surface area (TPSA) is 49.4 Å². The normalized spacial score (nSPS) is 15.9. The molecule has 0 unspecified atom stereocenters. The van der Waals surface area contributed by atoms with Crippen LogP contribution in [0, 0.1) is 0 Å². The molecule has 0 saturated carbocycles. The van der Waals surface area contributed by atoms with E-state index < -0.39 is 6.04 Å². The van der Waals surface area contributed by atoms with Crippen molar-refractivity contribution < 1.29 is 9.59 Å². The quantitative estimate of drug-likeness (QED) is 0.928. The van der Waals surface area contributed by atoms with Gasteiger partial charge < -0.3 is 5.32 Å². The number of nitrogens with one attached hydrogen (secondary N) is 1. The summed E-state index contributed by atoms with van der Waals surface area (Å²) in [6.07, 6.45) is 1.21. The van der Waals surface area contributed by atoms with Gasteiger partial charge in [-0.2, -0.15) is 0 Å². The number of hydrogen-bond donors (Lipinski definition) is 1. The Kier molecular flexibility index (Phi) is 4.86. The van der Waals surface area contributed by atoms with Crippen molar-refractivity contribution in [1.29, 1.82) is 0 Å². The number of carbonyl (C=O) groups excluding carboxylic acids is 2. The van der Waals surface area contributed by atoms with Crippen molar-refractivity contribution in [2.45, 2.75) is 25.8 Å². The van der Waals surface area contributed by atoms with Gasteiger partial charge in [0.1, 0.15) is 6.04 Å². The molecule has 0 aromatic heterocycles. The van der Waals surface area contributed by atoms with Crippen LogP contribution in [0.4, 0.5) is 5.69 Å². The zero-order valence-corrected chi connectivity index (χ0v) is 14.2. The van der Waals surface area contributed by atoms with E-state index in [1.807, 2.05) is 48.5 Å². The Morgan fingerprint density at radius 3 is 2.62 bits per heavy atom. The van der Waals surface area contributed by atoms with Crippen molar-refractivity contribution in [3.8, 4) is 0 Å². The Morgan fingerprint density at radius 2 is 1.88 bits per heavy atom. The number of anilines is 1. The van der Waals surface area contributed by atoms with Crippen molar-refractivity contribution in [1.82, 2.24) is 5.32 Å². The van der Waals surface area contributed by atoms with Gasteiger partial charge in [-0.25, -0.2) is 0 Å². The van der Waals surface area contributed by atoms with E-state index >= 15 is 0 Å². The first-order valence-corrected chi connectivity index (χ1v) is 8.34. The molecule has 2 aromatic carbocycles. The number of fused-ring (bicyclic) bond motifs is 1. The lowest BCUT2D eigenvalue weighted by atomic mass is 10.1. The average molecular weight is 343 g/mol. The minimum Gasteiger partial charge on any atom is -0.354 e. The third-order valence-corrected chi connectivity index (χ3v) is 4.64. The van der Waals surface area contributed by atoms with Gasteiger partial charge in [0.05, 0.1) is 0 Å². The maximum Gasteiger partial charge on any atom is 0.243 e. The summed E-state index contributed by atoms with van der Waals surface area (Å²) in [7, 11) is 0. The number of halogens is 1. The predicted molar refractivity (Wildman–Crippen MR) is 95.3 cm³/mol. The van der Waals surface area contributed by atoms with Gasteiger partial charge in [0.15, 0.2) is 0 Å². The number of benzene rings is 2. The van der Waals surface area contributed by atoms with Crippen LogP contribution in [-0.4, -0.2) is 24.4 Å². The molecule has 2 aromatic rings. The molecule has 2 amide bonds. The number of amides is 2. The molecule has 0 bridgehead atoms. The van der Waals surface area contributed by atoms with Gasteiger partial charge >= 0.3 is 0 Å². The zero-order chi connectivity index (χ0) is 17.1. The second kappa shape index (κ2) is 7.05. The predicted octanol–water partition coefficient (Wildman–Crippen LogP) is 2.98. The summed E-state index contributed by atoms with van der Waals surface area (Å²) >= 11 is 6.13. The van der Waals surface area contributed by atoms with Crippen LogP contribution in [0.1, 0.15) is 18.1 Å². The molecule has 1 aliphatic rings. The zero-order valence-electron chi connectivity index (χ0n) is 13.5. The van der Waals surface area contributed by atoms with E-state index in [1.54, 1.807) is 4.90 Å². The molecule has 24 heavy (non-hydrogen) atoms. The molecule has 1 atom stereocenters. The smallest absolute Gasteiger partial charge is 0.243 e. The maximum atomic E-state index is 12.6. The standard InChI is InChI=1S/C19H19ClN2O2/c1-13(23)22-17-9-5-3-7-15(17)12-18(22)19(24)21-11-10-14-6-2-4-8-16(14)20/h2-9,18H,10-12H2,1H3,(H,21,24)/t18-/m0/s1. The average Bonchev–Trinajstić information content (AvgIpc) is 2.96. The first-order chi connectivity index (χ1) is 11.6. The summed E-state index contributed by atoms with van der Waals surface area (Å²) in [4.78, 5) is 26.1. The van der Waals surface area contributed by atoms with Gasteiger partial charge in [0.25, 0.3) is 0 Å². The van der Waals surface area contributed by atoms with Crippen LogP contribution in [0.25, 0.3) is 0 Å². The molecule has 1 heterocycles. The largest absolute Gasteiger partial charge is 0.354 e. The van der Waals surface area contributed by atoms with Crippen molar-refractivity contribution in [3.63, 3.8) is 0 Å². The fourth-order valence-corrected chi connectivity index (χ4v) is 3.35. The highest BCUT2D eigenvalue weighted by atomic mass is 35.5. The summed E-state index contributed by atoms with van der Waals surface area (Å²) in [5.41, 5.74) is 2.85. The third-order valence-electron chi connectivity index (χ3n) is 4.27. The van der Waals surface area contributed by atoms with Crippen LogP contribution in [0.2, 0.25) is 5.02 Å². The highest BCUT2D eigenvalue weighted by molar-refractivity contribution is 6.31. The number of nitrogens with zero attached hydrogens (tertiary/aromatic N) is 1. The molecule has 0 aliphatic carbocycles. The second-order valence-electron chi connectivity index (χ2n) is 5.87. The van der Waals surface area contributed by atoms with E-state index in [4.69, 9.17) is 11.6 Å². The number of carbonyl (C=O) groups is 2. The van der Waals surface area contributed by atoms with Gasteiger partial charge in [-0.1, -0.05) is 48.0 Å². The minimum atomic E-state index is -0.480. The first kappa shape index (κ1) is 16.5. The molecule has 3 rings (SSSR count). The molecule has 0 fully saturated rings. The van der Waals surface area contributed by atoms with Crippen molar-refractivity contribution in [3.05, 3.63) is 64.7 Å². The highest BCUT2D eigenvalue weighted by Gasteiger charge is 2.36. The summed E-state index contributed by atoms with van der Waals surface area (Å²) in [6.45, 7) is 1.98. The maximum absolute atomic E-state index is 12.6. The van der Waals surface area contributed by atoms with Crippen LogP contribution in [0.15, 0.2) is 48.5 Å². The lowest BCUT2D eigenvalue weighted by Gasteiger charge is -2.23. The van der Waals surface area contributed by atoms with Crippen LogP contribution < -0.4 is 10.2 Å². The molecule has 5 heteroatoms. The van der Waals surface area contributed by atoms with E-state index in [-0.39, 0.29) is 11.8 Å². The van der Waals surface area contributed by atoms with E-state index in [0.717, 1.165) is 16.8 Å². The second-order valence-corrected chi connectivity index (χ2v) is 6.28. The van der Waals surface area contributed by atoms with Gasteiger partial charge in [0, 0.05) is 30.6 Å². The SMILES string of the molecule is CC(=O)N1c2ccccc2C[C@H]1C(=O)NCCc1ccccc1Cl. The summed E-state index contributed by atoms with van der Waals surface area (Å²) < 4.78 is 0. The van der Waals surface area contributed by atoms with Gasteiger partial charge in [0.2, 0.25) is 11.8 Å².